The minimum Gasteiger partial charge on any atom is -0.497 e. The highest BCUT2D eigenvalue weighted by Gasteiger charge is 2.33. The summed E-state index contributed by atoms with van der Waals surface area (Å²) < 4.78 is 45.7. The van der Waals surface area contributed by atoms with Gasteiger partial charge < -0.3 is 15.0 Å². The second kappa shape index (κ2) is 14.8. The number of sulfonamides is 1. The molecule has 0 aliphatic carbocycles. The first-order valence-electron chi connectivity index (χ1n) is 13.2. The number of hydrogen-bond acceptors (Lipinski definition) is 5. The van der Waals surface area contributed by atoms with Crippen molar-refractivity contribution in [1.82, 2.24) is 10.2 Å². The highest BCUT2D eigenvalue weighted by atomic mass is 35.5. The molecule has 0 saturated carbocycles. The van der Waals surface area contributed by atoms with Crippen LogP contribution in [-0.2, 0) is 32.6 Å². The van der Waals surface area contributed by atoms with E-state index in [4.69, 9.17) is 16.3 Å². The van der Waals surface area contributed by atoms with Gasteiger partial charge in [0.25, 0.3) is 0 Å². The molecule has 3 aromatic carbocycles. The number of methoxy groups -OCH3 is 1. The zero-order chi connectivity index (χ0) is 30.0. The first kappa shape index (κ1) is 31.9. The molecule has 0 radical (unpaired) electrons. The van der Waals surface area contributed by atoms with Crippen molar-refractivity contribution in [2.45, 2.75) is 38.8 Å². The van der Waals surface area contributed by atoms with Gasteiger partial charge in [-0.1, -0.05) is 67.4 Å². The smallest absolute Gasteiger partial charge is 0.244 e. The molecule has 0 aliphatic rings. The summed E-state index contributed by atoms with van der Waals surface area (Å²) in [5.41, 5.74) is 1.55. The zero-order valence-corrected chi connectivity index (χ0v) is 24.9. The van der Waals surface area contributed by atoms with Crippen LogP contribution in [0.5, 0.6) is 5.75 Å². The monoisotopic (exact) mass is 603 g/mol. The van der Waals surface area contributed by atoms with Crippen LogP contribution in [0.4, 0.5) is 10.1 Å². The Labute approximate surface area is 246 Å². The molecule has 1 N–H and O–H groups in total. The zero-order valence-electron chi connectivity index (χ0n) is 23.3. The molecule has 0 spiro atoms. The molecule has 3 aromatic rings. The maximum atomic E-state index is 14.1. The van der Waals surface area contributed by atoms with Crippen LogP contribution in [0.3, 0.4) is 0 Å². The van der Waals surface area contributed by atoms with Crippen molar-refractivity contribution in [3.63, 3.8) is 0 Å². The Morgan fingerprint density at radius 2 is 1.73 bits per heavy atom. The van der Waals surface area contributed by atoms with Crippen molar-refractivity contribution in [1.29, 1.82) is 0 Å². The Balaban J connectivity index is 2.06. The third-order valence-electron chi connectivity index (χ3n) is 6.46. The van der Waals surface area contributed by atoms with Gasteiger partial charge in [-0.05, 0) is 47.9 Å². The van der Waals surface area contributed by atoms with E-state index >= 15 is 0 Å². The number of carbonyl (C=O) groups excluding carboxylic acids is 2. The highest BCUT2D eigenvalue weighted by molar-refractivity contribution is 7.92. The van der Waals surface area contributed by atoms with Crippen LogP contribution in [0, 0.1) is 5.82 Å². The summed E-state index contributed by atoms with van der Waals surface area (Å²) in [6, 6.07) is 18.8. The average molecular weight is 604 g/mol. The van der Waals surface area contributed by atoms with E-state index in [0.29, 0.717) is 17.9 Å². The number of unbranched alkanes of at least 4 members (excludes halogenated alkanes) is 1. The van der Waals surface area contributed by atoms with E-state index < -0.39 is 34.3 Å². The van der Waals surface area contributed by atoms with Gasteiger partial charge in [0.2, 0.25) is 21.8 Å². The minimum absolute atomic E-state index is 0.0104. The number of rotatable bonds is 14. The largest absolute Gasteiger partial charge is 0.497 e. The molecule has 11 heteroatoms. The van der Waals surface area contributed by atoms with Crippen LogP contribution < -0.4 is 14.4 Å². The van der Waals surface area contributed by atoms with Crippen LogP contribution in [0.1, 0.15) is 30.9 Å². The van der Waals surface area contributed by atoms with E-state index in [1.165, 1.54) is 18.1 Å². The van der Waals surface area contributed by atoms with Gasteiger partial charge >= 0.3 is 0 Å². The lowest BCUT2D eigenvalue weighted by Gasteiger charge is -2.33. The molecule has 3 rings (SSSR count). The molecule has 0 heterocycles. The van der Waals surface area contributed by atoms with Gasteiger partial charge in [-0.15, -0.1) is 0 Å². The number of benzene rings is 3. The number of hydrogen-bond donors (Lipinski definition) is 1. The van der Waals surface area contributed by atoms with Gasteiger partial charge in [0, 0.05) is 19.5 Å². The second-order valence-electron chi connectivity index (χ2n) is 9.59. The average Bonchev–Trinajstić information content (AvgIpc) is 2.95. The summed E-state index contributed by atoms with van der Waals surface area (Å²) in [7, 11) is -2.47. The summed E-state index contributed by atoms with van der Waals surface area (Å²) in [6.45, 7) is 1.83. The van der Waals surface area contributed by atoms with Crippen LogP contribution in [0.25, 0.3) is 0 Å². The van der Waals surface area contributed by atoms with Gasteiger partial charge in [-0.2, -0.15) is 0 Å². The quantitative estimate of drug-likeness (QED) is 0.267. The molecular weight excluding hydrogens is 569 g/mol. The number of nitrogens with zero attached hydrogens (tertiary/aromatic N) is 2. The highest BCUT2D eigenvalue weighted by Crippen LogP contribution is 2.25. The fourth-order valence-electron chi connectivity index (χ4n) is 4.28. The third-order valence-corrected chi connectivity index (χ3v) is 7.89. The topological polar surface area (TPSA) is 96.0 Å². The molecule has 0 bridgehead atoms. The third kappa shape index (κ3) is 9.19. The Morgan fingerprint density at radius 3 is 2.37 bits per heavy atom. The number of nitrogens with one attached hydrogen (secondary N) is 1. The molecule has 0 saturated heterocycles. The van der Waals surface area contributed by atoms with Crippen LogP contribution in [0.2, 0.25) is 5.02 Å². The summed E-state index contributed by atoms with van der Waals surface area (Å²) in [4.78, 5) is 29.0. The van der Waals surface area contributed by atoms with Crippen molar-refractivity contribution >= 4 is 39.1 Å². The predicted octanol–water partition coefficient (Wildman–Crippen LogP) is 4.81. The maximum absolute atomic E-state index is 14.1. The molecule has 2 amide bonds. The van der Waals surface area contributed by atoms with E-state index in [0.717, 1.165) is 41.1 Å². The fraction of sp³-hybridized carbons (Fsp3) is 0.333. The van der Waals surface area contributed by atoms with Crippen LogP contribution in [-0.4, -0.2) is 57.6 Å². The lowest BCUT2D eigenvalue weighted by atomic mass is 10.0. The van der Waals surface area contributed by atoms with E-state index in [9.17, 15) is 22.4 Å². The van der Waals surface area contributed by atoms with Gasteiger partial charge in [0.15, 0.2) is 0 Å². The molecule has 1 atom stereocenters. The lowest BCUT2D eigenvalue weighted by Crippen LogP contribution is -2.53. The predicted molar refractivity (Wildman–Crippen MR) is 159 cm³/mol. The normalized spacial score (nSPS) is 11.9. The Bertz CT molecular complexity index is 1440. The van der Waals surface area contributed by atoms with E-state index in [-0.39, 0.29) is 29.6 Å². The molecular formula is C30H35ClFN3O5S. The Kier molecular flexibility index (Phi) is 11.5. The number of carbonyl (C=O) groups is 2. The van der Waals surface area contributed by atoms with Crippen molar-refractivity contribution in [3.05, 3.63) is 94.8 Å². The maximum Gasteiger partial charge on any atom is 0.244 e. The van der Waals surface area contributed by atoms with Crippen LogP contribution >= 0.6 is 11.6 Å². The first-order chi connectivity index (χ1) is 19.5. The number of halogens is 2. The number of amides is 2. The first-order valence-corrected chi connectivity index (χ1v) is 15.4. The fourth-order valence-corrected chi connectivity index (χ4v) is 5.30. The second-order valence-corrected chi connectivity index (χ2v) is 11.9. The van der Waals surface area contributed by atoms with Gasteiger partial charge in [0.1, 0.15) is 24.2 Å². The molecule has 41 heavy (non-hydrogen) atoms. The Hall–Kier alpha value is -3.63. The lowest BCUT2D eigenvalue weighted by molar-refractivity contribution is -0.140. The van der Waals surface area contributed by atoms with Gasteiger partial charge in [-0.25, -0.2) is 12.8 Å². The number of ether oxygens (including phenoxy) is 1. The van der Waals surface area contributed by atoms with Crippen molar-refractivity contribution in [3.8, 4) is 5.75 Å². The minimum atomic E-state index is -4.00. The summed E-state index contributed by atoms with van der Waals surface area (Å²) >= 11 is 5.93. The molecule has 8 nitrogen and oxygen atoms in total. The van der Waals surface area contributed by atoms with Crippen LogP contribution in [0.15, 0.2) is 72.8 Å². The van der Waals surface area contributed by atoms with Gasteiger partial charge in [-0.3, -0.25) is 13.9 Å². The summed E-state index contributed by atoms with van der Waals surface area (Å²) in [6.07, 6.45) is 2.79. The van der Waals surface area contributed by atoms with E-state index in [2.05, 4.69) is 5.32 Å². The molecule has 0 aliphatic heterocycles. The molecule has 0 unspecified atom stereocenters. The van der Waals surface area contributed by atoms with E-state index in [1.54, 1.807) is 24.3 Å². The van der Waals surface area contributed by atoms with Crippen molar-refractivity contribution in [2.24, 2.45) is 0 Å². The SMILES string of the molecule is CCCCNC(=O)[C@@H](Cc1ccccc1)N(Cc1cccc(OC)c1)C(=O)CN(c1ccc(F)c(Cl)c1)S(C)(=O)=O. The molecule has 0 fully saturated rings. The molecule has 0 aromatic heterocycles. The molecule has 220 valence electrons. The standard InChI is InChI=1S/C30H35ClFN3O5S/c1-4-5-16-33-30(37)28(18-22-10-7-6-8-11-22)34(20-23-12-9-13-25(17-23)40-2)29(36)21-35(41(3,38)39)24-14-15-27(32)26(31)19-24/h6-15,17,19,28H,4-5,16,18,20-21H2,1-3H3,(H,33,37)/t28-/m1/s1. The van der Waals surface area contributed by atoms with Gasteiger partial charge in [0.05, 0.1) is 24.1 Å². The Morgan fingerprint density at radius 1 is 1.02 bits per heavy atom. The van der Waals surface area contributed by atoms with Crippen molar-refractivity contribution < 1.29 is 27.1 Å². The van der Waals surface area contributed by atoms with E-state index in [1.807, 2.05) is 37.3 Å². The summed E-state index contributed by atoms with van der Waals surface area (Å²) in [5, 5.41) is 2.64. The van der Waals surface area contributed by atoms with Crippen molar-refractivity contribution in [2.75, 3.05) is 30.8 Å². The number of anilines is 1. The summed E-state index contributed by atoms with van der Waals surface area (Å²) in [5.74, 6) is -1.12.